The lowest BCUT2D eigenvalue weighted by Gasteiger charge is -2.15. The molecule has 3 N–H and O–H groups in total. The number of carbonyl (C=O) groups excluding carboxylic acids is 1. The Labute approximate surface area is 159 Å². The molecule has 26 heavy (non-hydrogen) atoms. The Kier molecular flexibility index (Phi) is 15.7. The molecular weight excluding hydrogens is 332 g/mol. The summed E-state index contributed by atoms with van der Waals surface area (Å²) in [5.74, 6) is -2.07. The Morgan fingerprint density at radius 3 is 1.27 bits per heavy atom. The van der Waals surface area contributed by atoms with Gasteiger partial charge in [0.1, 0.15) is 0 Å². The fourth-order valence-corrected chi connectivity index (χ4v) is 3.06. The van der Waals surface area contributed by atoms with E-state index >= 15 is 0 Å². The van der Waals surface area contributed by atoms with Crippen molar-refractivity contribution in [2.24, 2.45) is 0 Å². The first-order valence-electron chi connectivity index (χ1n) is 10.5. The van der Waals surface area contributed by atoms with Gasteiger partial charge in [0, 0.05) is 13.0 Å². The molecule has 0 bridgehead atoms. The number of ketones is 1. The lowest BCUT2D eigenvalue weighted by atomic mass is 9.96. The second kappa shape index (κ2) is 16.2. The predicted octanol–water partition coefficient (Wildman–Crippen LogP) is 4.63. The molecule has 0 saturated carbocycles. The zero-order chi connectivity index (χ0) is 19.7. The summed E-state index contributed by atoms with van der Waals surface area (Å²) in [6, 6.07) is 0. The van der Waals surface area contributed by atoms with Crippen LogP contribution in [0.5, 0.6) is 0 Å². The lowest BCUT2D eigenvalue weighted by molar-refractivity contribution is -0.163. The SMILES string of the molecule is CC(O)(C(=O)O)C(=O)CCCCCCCCCCCCCCCCCO. The number of hydrogen-bond donors (Lipinski definition) is 3. The third-order valence-electron chi connectivity index (χ3n) is 5.02. The average Bonchev–Trinajstić information content (AvgIpc) is 2.60. The van der Waals surface area contributed by atoms with E-state index in [2.05, 4.69) is 0 Å². The molecule has 0 saturated heterocycles. The van der Waals surface area contributed by atoms with E-state index in [1.165, 1.54) is 57.8 Å². The van der Waals surface area contributed by atoms with E-state index in [0.29, 0.717) is 13.0 Å². The van der Waals surface area contributed by atoms with Gasteiger partial charge in [0.05, 0.1) is 0 Å². The van der Waals surface area contributed by atoms with Crippen LogP contribution in [0.25, 0.3) is 0 Å². The largest absolute Gasteiger partial charge is 0.479 e. The fourth-order valence-electron chi connectivity index (χ4n) is 3.06. The first-order valence-corrected chi connectivity index (χ1v) is 10.5. The molecule has 0 aliphatic heterocycles. The number of carboxylic acid groups (broad SMARTS) is 1. The Bertz CT molecular complexity index is 365. The number of carbonyl (C=O) groups is 2. The number of aliphatic carboxylic acids is 1. The summed E-state index contributed by atoms with van der Waals surface area (Å²) < 4.78 is 0. The van der Waals surface area contributed by atoms with Gasteiger partial charge in [0.2, 0.25) is 5.60 Å². The second-order valence-corrected chi connectivity index (χ2v) is 7.58. The zero-order valence-electron chi connectivity index (χ0n) is 16.7. The second-order valence-electron chi connectivity index (χ2n) is 7.58. The van der Waals surface area contributed by atoms with Gasteiger partial charge in [-0.2, -0.15) is 0 Å². The Morgan fingerprint density at radius 1 is 0.654 bits per heavy atom. The highest BCUT2D eigenvalue weighted by Crippen LogP contribution is 2.15. The topological polar surface area (TPSA) is 94.8 Å². The van der Waals surface area contributed by atoms with Gasteiger partial charge in [0.25, 0.3) is 0 Å². The van der Waals surface area contributed by atoms with Gasteiger partial charge >= 0.3 is 5.97 Å². The summed E-state index contributed by atoms with van der Waals surface area (Å²) in [7, 11) is 0. The van der Waals surface area contributed by atoms with Crippen LogP contribution in [-0.4, -0.2) is 39.3 Å². The molecule has 0 spiro atoms. The van der Waals surface area contributed by atoms with Crippen LogP contribution in [0.15, 0.2) is 0 Å². The molecular formula is C21H40O5. The molecule has 0 fully saturated rings. The molecule has 0 aromatic rings. The van der Waals surface area contributed by atoms with Gasteiger partial charge in [0.15, 0.2) is 5.78 Å². The molecule has 0 radical (unpaired) electrons. The van der Waals surface area contributed by atoms with Crippen LogP contribution in [0.3, 0.4) is 0 Å². The van der Waals surface area contributed by atoms with Gasteiger partial charge in [-0.25, -0.2) is 4.79 Å². The summed E-state index contributed by atoms with van der Waals surface area (Å²) in [4.78, 5) is 22.4. The molecule has 1 atom stereocenters. The van der Waals surface area contributed by atoms with Crippen molar-refractivity contribution < 1.29 is 24.9 Å². The van der Waals surface area contributed by atoms with E-state index in [-0.39, 0.29) is 6.42 Å². The minimum Gasteiger partial charge on any atom is -0.479 e. The quantitative estimate of drug-likeness (QED) is 0.227. The van der Waals surface area contributed by atoms with Crippen LogP contribution in [0.4, 0.5) is 0 Å². The monoisotopic (exact) mass is 372 g/mol. The molecule has 0 amide bonds. The molecule has 154 valence electrons. The van der Waals surface area contributed by atoms with Crippen molar-refractivity contribution in [3.05, 3.63) is 0 Å². The molecule has 0 rings (SSSR count). The van der Waals surface area contributed by atoms with E-state index in [9.17, 15) is 14.7 Å². The summed E-state index contributed by atoms with van der Waals surface area (Å²) in [5.41, 5.74) is -2.24. The van der Waals surface area contributed by atoms with E-state index in [0.717, 1.165) is 39.0 Å². The van der Waals surface area contributed by atoms with Gasteiger partial charge in [-0.3, -0.25) is 4.79 Å². The number of aliphatic hydroxyl groups excluding tert-OH is 1. The van der Waals surface area contributed by atoms with Crippen molar-refractivity contribution in [2.45, 2.75) is 115 Å². The normalized spacial score (nSPS) is 13.5. The number of aliphatic hydroxyl groups is 2. The summed E-state index contributed by atoms with van der Waals surface area (Å²) in [6.07, 6.45) is 17.7. The third-order valence-corrected chi connectivity index (χ3v) is 5.02. The van der Waals surface area contributed by atoms with Crippen LogP contribution < -0.4 is 0 Å². The number of hydrogen-bond acceptors (Lipinski definition) is 4. The lowest BCUT2D eigenvalue weighted by Crippen LogP contribution is -2.43. The van der Waals surface area contributed by atoms with Crippen molar-refractivity contribution in [3.63, 3.8) is 0 Å². The van der Waals surface area contributed by atoms with Crippen LogP contribution in [0, 0.1) is 0 Å². The summed E-state index contributed by atoms with van der Waals surface area (Å²) in [5, 5.41) is 27.0. The van der Waals surface area contributed by atoms with Crippen LogP contribution in [0.1, 0.15) is 110 Å². The molecule has 0 aliphatic carbocycles. The molecule has 5 nitrogen and oxygen atoms in total. The van der Waals surface area contributed by atoms with Crippen LogP contribution in [0.2, 0.25) is 0 Å². The van der Waals surface area contributed by atoms with E-state index < -0.39 is 17.4 Å². The number of Topliss-reactive ketones (excluding diaryl/α,β-unsaturated/α-hetero) is 1. The zero-order valence-corrected chi connectivity index (χ0v) is 16.7. The van der Waals surface area contributed by atoms with Gasteiger partial charge in [-0.15, -0.1) is 0 Å². The van der Waals surface area contributed by atoms with Gasteiger partial charge in [-0.1, -0.05) is 83.5 Å². The van der Waals surface area contributed by atoms with Crippen molar-refractivity contribution in [2.75, 3.05) is 6.61 Å². The van der Waals surface area contributed by atoms with Gasteiger partial charge in [-0.05, 0) is 19.8 Å². The van der Waals surface area contributed by atoms with E-state index in [4.69, 9.17) is 10.2 Å². The van der Waals surface area contributed by atoms with Crippen molar-refractivity contribution >= 4 is 11.8 Å². The van der Waals surface area contributed by atoms with Crippen LogP contribution in [-0.2, 0) is 9.59 Å². The first-order chi connectivity index (χ1) is 12.4. The van der Waals surface area contributed by atoms with E-state index in [1.807, 2.05) is 0 Å². The maximum absolute atomic E-state index is 11.6. The molecule has 0 aromatic heterocycles. The number of unbranched alkanes of at least 4 members (excludes halogenated alkanes) is 14. The van der Waals surface area contributed by atoms with Crippen molar-refractivity contribution in [3.8, 4) is 0 Å². The summed E-state index contributed by atoms with van der Waals surface area (Å²) in [6.45, 7) is 1.37. The highest BCUT2D eigenvalue weighted by atomic mass is 16.4. The minimum absolute atomic E-state index is 0.138. The minimum atomic E-state index is -2.24. The standard InChI is InChI=1S/C21H40O5/c1-21(26,20(24)25)19(23)17-15-13-11-9-7-5-3-2-4-6-8-10-12-14-16-18-22/h22,26H,2-18H2,1H3,(H,24,25). The number of carboxylic acids is 1. The van der Waals surface area contributed by atoms with Crippen LogP contribution >= 0.6 is 0 Å². The van der Waals surface area contributed by atoms with Gasteiger partial charge < -0.3 is 15.3 Å². The molecule has 0 aromatic carbocycles. The Morgan fingerprint density at radius 2 is 0.962 bits per heavy atom. The first kappa shape index (κ1) is 25.1. The molecule has 5 heteroatoms. The van der Waals surface area contributed by atoms with E-state index in [1.54, 1.807) is 0 Å². The number of rotatable bonds is 19. The molecule has 0 aliphatic rings. The fraction of sp³-hybridized carbons (Fsp3) is 0.905. The predicted molar refractivity (Wildman–Crippen MR) is 104 cm³/mol. The third kappa shape index (κ3) is 13.3. The maximum Gasteiger partial charge on any atom is 0.343 e. The highest BCUT2D eigenvalue weighted by Gasteiger charge is 2.37. The Hall–Kier alpha value is -0.940. The van der Waals surface area contributed by atoms with Crippen molar-refractivity contribution in [1.82, 2.24) is 0 Å². The highest BCUT2D eigenvalue weighted by molar-refractivity contribution is 6.05. The molecule has 1 unspecified atom stereocenters. The van der Waals surface area contributed by atoms with Crippen molar-refractivity contribution in [1.29, 1.82) is 0 Å². The maximum atomic E-state index is 11.6. The smallest absolute Gasteiger partial charge is 0.343 e. The average molecular weight is 373 g/mol. The summed E-state index contributed by atoms with van der Waals surface area (Å²) >= 11 is 0. The molecule has 0 heterocycles. The Balaban J connectivity index is 3.27.